The molecule has 7 rings (SSSR count). The smallest absolute Gasteiger partial charge is 0.228 e. The SMILES string of the molecule is COc1nc(NC2CCC3(CC2)OCC2(CC2)CO3)nc2[nH]cc(-c3ccn4nccc4c3)c12. The number of nitrogens with one attached hydrogen (secondary N) is 2. The first kappa shape index (κ1) is 20.2. The maximum absolute atomic E-state index is 6.23. The predicted molar refractivity (Wildman–Crippen MR) is 127 cm³/mol. The van der Waals surface area contributed by atoms with E-state index in [0.29, 0.717) is 17.2 Å². The lowest BCUT2D eigenvalue weighted by molar-refractivity contribution is -0.300. The van der Waals surface area contributed by atoms with Gasteiger partial charge in [0.25, 0.3) is 0 Å². The number of hydrogen-bond donors (Lipinski definition) is 2. The Labute approximate surface area is 196 Å². The highest BCUT2D eigenvalue weighted by molar-refractivity contribution is 5.98. The second-order valence-corrected chi connectivity index (χ2v) is 10.0. The van der Waals surface area contributed by atoms with Crippen LogP contribution in [0.3, 0.4) is 0 Å². The molecule has 9 heteroatoms. The zero-order valence-electron chi connectivity index (χ0n) is 19.2. The fourth-order valence-electron chi connectivity index (χ4n) is 5.32. The summed E-state index contributed by atoms with van der Waals surface area (Å²) in [6, 6.07) is 6.39. The monoisotopic (exact) mass is 460 g/mol. The van der Waals surface area contributed by atoms with Crippen LogP contribution in [0.1, 0.15) is 38.5 Å². The van der Waals surface area contributed by atoms with Crippen molar-refractivity contribution in [3.63, 3.8) is 0 Å². The minimum absolute atomic E-state index is 0.274. The standard InChI is InChI=1S/C25H28N6O3/c1-32-22-20-19(16-5-11-31-18(12-16)4-10-27-31)13-26-21(20)29-23(30-22)28-17-2-6-25(7-3-17)33-14-24(8-9-24)15-34-25/h4-5,10-13,17H,2-3,6-9,14-15H2,1H3,(H2,26,28,29,30). The van der Waals surface area contributed by atoms with Gasteiger partial charge in [-0.1, -0.05) is 0 Å². The zero-order valence-corrected chi connectivity index (χ0v) is 19.2. The summed E-state index contributed by atoms with van der Waals surface area (Å²) >= 11 is 0. The Hall–Kier alpha value is -3.17. The number of methoxy groups -OCH3 is 1. The molecule has 34 heavy (non-hydrogen) atoms. The highest BCUT2D eigenvalue weighted by Crippen LogP contribution is 2.52. The lowest BCUT2D eigenvalue weighted by atomic mass is 9.89. The van der Waals surface area contributed by atoms with Crippen LogP contribution < -0.4 is 10.1 Å². The third kappa shape index (κ3) is 3.33. The van der Waals surface area contributed by atoms with E-state index in [-0.39, 0.29) is 11.8 Å². The molecule has 0 atom stereocenters. The van der Waals surface area contributed by atoms with E-state index in [9.17, 15) is 0 Å². The molecule has 1 saturated heterocycles. The van der Waals surface area contributed by atoms with Gasteiger partial charge in [-0.2, -0.15) is 15.1 Å². The van der Waals surface area contributed by atoms with Crippen LogP contribution >= 0.6 is 0 Å². The van der Waals surface area contributed by atoms with Crippen LogP contribution in [0.2, 0.25) is 0 Å². The van der Waals surface area contributed by atoms with Crippen LogP contribution in [0.25, 0.3) is 27.7 Å². The number of nitrogens with zero attached hydrogens (tertiary/aromatic N) is 4. The summed E-state index contributed by atoms with van der Waals surface area (Å²) in [6.07, 6.45) is 11.9. The van der Waals surface area contributed by atoms with E-state index >= 15 is 0 Å². The predicted octanol–water partition coefficient (Wildman–Crippen LogP) is 4.16. The maximum Gasteiger partial charge on any atom is 0.228 e. The normalized spacial score (nSPS) is 21.4. The molecule has 0 aromatic carbocycles. The van der Waals surface area contributed by atoms with E-state index in [1.54, 1.807) is 13.3 Å². The van der Waals surface area contributed by atoms with Gasteiger partial charge >= 0.3 is 0 Å². The Morgan fingerprint density at radius 1 is 1.12 bits per heavy atom. The van der Waals surface area contributed by atoms with E-state index < -0.39 is 0 Å². The van der Waals surface area contributed by atoms with Gasteiger partial charge in [-0.15, -0.1) is 0 Å². The minimum atomic E-state index is -0.389. The molecule has 176 valence electrons. The lowest BCUT2D eigenvalue weighted by Gasteiger charge is -2.44. The largest absolute Gasteiger partial charge is 0.480 e. The molecular weight excluding hydrogens is 432 g/mol. The number of rotatable bonds is 4. The first-order chi connectivity index (χ1) is 16.6. The lowest BCUT2D eigenvalue weighted by Crippen LogP contribution is -2.48. The molecule has 4 aromatic heterocycles. The summed E-state index contributed by atoms with van der Waals surface area (Å²) in [4.78, 5) is 12.8. The van der Waals surface area contributed by atoms with Gasteiger partial charge < -0.3 is 24.5 Å². The number of pyridine rings is 1. The Morgan fingerprint density at radius 3 is 2.71 bits per heavy atom. The Kier molecular flexibility index (Phi) is 4.41. The molecule has 0 bridgehead atoms. The van der Waals surface area contributed by atoms with Crippen molar-refractivity contribution in [2.45, 2.75) is 50.4 Å². The molecule has 2 spiro atoms. The van der Waals surface area contributed by atoms with Crippen molar-refractivity contribution in [1.82, 2.24) is 24.6 Å². The molecule has 9 nitrogen and oxygen atoms in total. The van der Waals surface area contributed by atoms with Crippen LogP contribution in [-0.4, -0.2) is 56.7 Å². The fourth-order valence-corrected chi connectivity index (χ4v) is 5.32. The molecule has 4 aromatic rings. The minimum Gasteiger partial charge on any atom is -0.480 e. The topological polar surface area (TPSA) is 98.6 Å². The van der Waals surface area contributed by atoms with E-state index in [1.807, 2.05) is 29.0 Å². The number of aromatic amines is 1. The van der Waals surface area contributed by atoms with Gasteiger partial charge in [-0.3, -0.25) is 0 Å². The Bertz CT molecular complexity index is 1350. The average Bonchev–Trinajstić information content (AvgIpc) is 3.26. The van der Waals surface area contributed by atoms with E-state index in [0.717, 1.165) is 66.6 Å². The van der Waals surface area contributed by atoms with Crippen LogP contribution in [0, 0.1) is 5.41 Å². The summed E-state index contributed by atoms with van der Waals surface area (Å²) in [5.41, 5.74) is 4.17. The van der Waals surface area contributed by atoms with Crippen molar-refractivity contribution < 1.29 is 14.2 Å². The van der Waals surface area contributed by atoms with Crippen LogP contribution in [0.5, 0.6) is 5.88 Å². The summed E-state index contributed by atoms with van der Waals surface area (Å²) in [7, 11) is 1.65. The van der Waals surface area contributed by atoms with Gasteiger partial charge in [-0.05, 0) is 49.4 Å². The number of anilines is 1. The van der Waals surface area contributed by atoms with E-state index in [4.69, 9.17) is 24.2 Å². The van der Waals surface area contributed by atoms with Gasteiger partial charge in [-0.25, -0.2) is 4.52 Å². The summed E-state index contributed by atoms with van der Waals surface area (Å²) in [5, 5.41) is 8.67. The fraction of sp³-hybridized carbons (Fsp3) is 0.480. The second-order valence-electron chi connectivity index (χ2n) is 10.0. The van der Waals surface area contributed by atoms with Crippen molar-refractivity contribution in [1.29, 1.82) is 0 Å². The third-order valence-corrected chi connectivity index (χ3v) is 7.72. The van der Waals surface area contributed by atoms with Crippen molar-refractivity contribution in [2.24, 2.45) is 5.41 Å². The molecular formula is C25H28N6O3. The van der Waals surface area contributed by atoms with E-state index in [1.165, 1.54) is 12.8 Å². The van der Waals surface area contributed by atoms with Crippen molar-refractivity contribution in [3.05, 3.63) is 36.8 Å². The van der Waals surface area contributed by atoms with Gasteiger partial charge in [0, 0.05) is 48.5 Å². The van der Waals surface area contributed by atoms with Crippen LogP contribution in [-0.2, 0) is 9.47 Å². The summed E-state index contributed by atoms with van der Waals surface area (Å²) in [6.45, 7) is 1.70. The molecule has 0 unspecified atom stereocenters. The average molecular weight is 461 g/mol. The Morgan fingerprint density at radius 2 is 1.94 bits per heavy atom. The molecule has 0 radical (unpaired) electrons. The number of hydrogen-bond acceptors (Lipinski definition) is 7. The number of fused-ring (bicyclic) bond motifs is 2. The van der Waals surface area contributed by atoms with Gasteiger partial charge in [0.15, 0.2) is 5.79 Å². The first-order valence-electron chi connectivity index (χ1n) is 12.1. The van der Waals surface area contributed by atoms with Crippen LogP contribution in [0.15, 0.2) is 36.8 Å². The first-order valence-corrected chi connectivity index (χ1v) is 12.1. The van der Waals surface area contributed by atoms with E-state index in [2.05, 4.69) is 21.5 Å². The maximum atomic E-state index is 6.23. The van der Waals surface area contributed by atoms with Gasteiger partial charge in [0.1, 0.15) is 5.65 Å². The van der Waals surface area contributed by atoms with Crippen molar-refractivity contribution in [3.8, 4) is 17.0 Å². The molecule has 2 N–H and O–H groups in total. The van der Waals surface area contributed by atoms with Crippen molar-refractivity contribution in [2.75, 3.05) is 25.6 Å². The third-order valence-electron chi connectivity index (χ3n) is 7.72. The zero-order chi connectivity index (χ0) is 22.8. The summed E-state index contributed by atoms with van der Waals surface area (Å²) in [5.74, 6) is 0.741. The molecule has 0 amide bonds. The molecule has 5 heterocycles. The Balaban J connectivity index is 1.11. The van der Waals surface area contributed by atoms with Gasteiger partial charge in [0.2, 0.25) is 11.8 Å². The van der Waals surface area contributed by atoms with Gasteiger partial charge in [0.05, 0.1) is 31.2 Å². The molecule has 3 aliphatic rings. The quantitative estimate of drug-likeness (QED) is 0.472. The highest BCUT2D eigenvalue weighted by Gasteiger charge is 2.52. The van der Waals surface area contributed by atoms with Crippen LogP contribution in [0.4, 0.5) is 5.95 Å². The number of H-pyrrole nitrogens is 1. The summed E-state index contributed by atoms with van der Waals surface area (Å²) < 4.78 is 20.0. The highest BCUT2D eigenvalue weighted by atomic mass is 16.7. The molecule has 2 aliphatic carbocycles. The molecule has 1 aliphatic heterocycles. The second kappa shape index (κ2) is 7.41. The molecule has 2 saturated carbocycles. The number of ether oxygens (including phenoxy) is 3. The molecule has 3 fully saturated rings. The number of aromatic nitrogens is 5. The van der Waals surface area contributed by atoms with Crippen molar-refractivity contribution >= 4 is 22.5 Å².